The number of carbonyl (C=O) groups excluding carboxylic acids is 1. The molecule has 1 aliphatic heterocycles. The second-order valence-corrected chi connectivity index (χ2v) is 2.50. The Kier molecular flexibility index (Phi) is 1.83. The summed E-state index contributed by atoms with van der Waals surface area (Å²) in [5, 5.41) is 12.0. The van der Waals surface area contributed by atoms with Gasteiger partial charge in [-0.1, -0.05) is 6.92 Å². The Bertz CT molecular complexity index is 116. The van der Waals surface area contributed by atoms with E-state index in [1.807, 2.05) is 6.92 Å². The van der Waals surface area contributed by atoms with E-state index in [0.717, 1.165) is 6.29 Å². The Labute approximate surface area is 54.1 Å². The lowest BCUT2D eigenvalue weighted by molar-refractivity contribution is -0.110. The number of β-amino-alcohol motifs (C(OH)–C–C–N with tert-alkyl or cyclic N) is 1. The largest absolute Gasteiger partial charge is 0.391 e. The van der Waals surface area contributed by atoms with Crippen molar-refractivity contribution in [1.29, 1.82) is 0 Å². The molecule has 3 atom stereocenters. The lowest BCUT2D eigenvalue weighted by atomic mass is 10.0. The average Bonchev–Trinajstić information content (AvgIpc) is 2.15. The van der Waals surface area contributed by atoms with E-state index in [1.54, 1.807) is 0 Å². The van der Waals surface area contributed by atoms with E-state index < -0.39 is 0 Å². The molecule has 3 nitrogen and oxygen atoms in total. The quantitative estimate of drug-likeness (QED) is 0.454. The number of hydrogen-bond donors (Lipinski definition) is 2. The van der Waals surface area contributed by atoms with Crippen LogP contribution in [0.3, 0.4) is 0 Å². The van der Waals surface area contributed by atoms with Crippen molar-refractivity contribution >= 4 is 6.29 Å². The lowest BCUT2D eigenvalue weighted by Gasteiger charge is -2.08. The fourth-order valence-electron chi connectivity index (χ4n) is 1.04. The third-order valence-electron chi connectivity index (χ3n) is 1.88. The molecule has 1 saturated heterocycles. The summed E-state index contributed by atoms with van der Waals surface area (Å²) in [5.74, 6) is 0.0718. The van der Waals surface area contributed by atoms with Crippen molar-refractivity contribution in [2.75, 3.05) is 6.54 Å². The van der Waals surface area contributed by atoms with Gasteiger partial charge in [0, 0.05) is 12.5 Å². The van der Waals surface area contributed by atoms with E-state index >= 15 is 0 Å². The van der Waals surface area contributed by atoms with Crippen LogP contribution in [0.5, 0.6) is 0 Å². The van der Waals surface area contributed by atoms with Crippen molar-refractivity contribution in [3.8, 4) is 0 Å². The average molecular weight is 129 g/mol. The second-order valence-electron chi connectivity index (χ2n) is 2.50. The van der Waals surface area contributed by atoms with Crippen LogP contribution < -0.4 is 5.32 Å². The molecule has 1 heterocycles. The highest BCUT2D eigenvalue weighted by Gasteiger charge is 2.29. The van der Waals surface area contributed by atoms with Crippen LogP contribution in [0.15, 0.2) is 0 Å². The van der Waals surface area contributed by atoms with Gasteiger partial charge in [-0.2, -0.15) is 0 Å². The van der Waals surface area contributed by atoms with Crippen molar-refractivity contribution in [1.82, 2.24) is 5.32 Å². The number of aliphatic hydroxyl groups is 1. The molecular formula is C6H11NO2. The predicted octanol–water partition coefficient (Wildman–Crippen LogP) is -0.846. The van der Waals surface area contributed by atoms with Gasteiger partial charge in [-0.05, 0) is 0 Å². The van der Waals surface area contributed by atoms with Gasteiger partial charge in [-0.3, -0.25) is 0 Å². The third-order valence-corrected chi connectivity index (χ3v) is 1.88. The molecule has 0 unspecified atom stereocenters. The first-order chi connectivity index (χ1) is 4.25. The molecule has 0 radical (unpaired) electrons. The minimum absolute atomic E-state index is 0.0718. The molecule has 0 saturated carbocycles. The molecule has 2 N–H and O–H groups in total. The van der Waals surface area contributed by atoms with Crippen LogP contribution in [0.4, 0.5) is 0 Å². The zero-order valence-electron chi connectivity index (χ0n) is 5.37. The molecule has 0 aromatic carbocycles. The Balaban J connectivity index is 2.50. The Morgan fingerprint density at radius 3 is 2.67 bits per heavy atom. The molecule has 0 aromatic heterocycles. The summed E-state index contributed by atoms with van der Waals surface area (Å²) in [5.41, 5.74) is 0. The van der Waals surface area contributed by atoms with Crippen LogP contribution in [0.25, 0.3) is 0 Å². The van der Waals surface area contributed by atoms with Crippen LogP contribution in [-0.2, 0) is 4.79 Å². The van der Waals surface area contributed by atoms with Gasteiger partial charge < -0.3 is 15.2 Å². The molecule has 0 spiro atoms. The SMILES string of the molecule is C[C@H]1[C@@H](O)CN[C@@H]1C=O. The Morgan fingerprint density at radius 2 is 2.44 bits per heavy atom. The minimum atomic E-state index is -0.347. The molecule has 1 rings (SSSR count). The highest BCUT2D eigenvalue weighted by molar-refractivity contribution is 5.58. The zero-order chi connectivity index (χ0) is 6.85. The molecule has 1 fully saturated rings. The van der Waals surface area contributed by atoms with Crippen molar-refractivity contribution < 1.29 is 9.90 Å². The molecule has 0 bridgehead atoms. The number of rotatable bonds is 1. The minimum Gasteiger partial charge on any atom is -0.391 e. The first-order valence-corrected chi connectivity index (χ1v) is 3.12. The molecule has 0 amide bonds. The maximum atomic E-state index is 10.2. The summed E-state index contributed by atoms with van der Waals surface area (Å²) in [4.78, 5) is 10.2. The van der Waals surface area contributed by atoms with Crippen LogP contribution in [0.1, 0.15) is 6.92 Å². The topological polar surface area (TPSA) is 49.3 Å². The maximum Gasteiger partial charge on any atom is 0.137 e. The molecular weight excluding hydrogens is 118 g/mol. The normalized spacial score (nSPS) is 43.1. The van der Waals surface area contributed by atoms with E-state index in [2.05, 4.69) is 5.32 Å². The number of hydrogen-bond acceptors (Lipinski definition) is 3. The van der Waals surface area contributed by atoms with Gasteiger partial charge in [0.15, 0.2) is 0 Å². The van der Waals surface area contributed by atoms with Crippen molar-refractivity contribution in [3.05, 3.63) is 0 Å². The van der Waals surface area contributed by atoms with Crippen molar-refractivity contribution in [3.63, 3.8) is 0 Å². The first-order valence-electron chi connectivity index (χ1n) is 3.12. The summed E-state index contributed by atoms with van der Waals surface area (Å²) in [6, 6.07) is -0.139. The molecule has 3 heteroatoms. The van der Waals surface area contributed by atoms with Gasteiger partial charge in [0.2, 0.25) is 0 Å². The zero-order valence-corrected chi connectivity index (χ0v) is 5.37. The van der Waals surface area contributed by atoms with E-state index in [4.69, 9.17) is 5.11 Å². The number of carbonyl (C=O) groups is 1. The summed E-state index contributed by atoms with van der Waals surface area (Å²) >= 11 is 0. The highest BCUT2D eigenvalue weighted by atomic mass is 16.3. The van der Waals surface area contributed by atoms with Crippen molar-refractivity contribution in [2.24, 2.45) is 5.92 Å². The van der Waals surface area contributed by atoms with Crippen LogP contribution >= 0.6 is 0 Å². The van der Waals surface area contributed by atoms with Gasteiger partial charge in [0.25, 0.3) is 0 Å². The summed E-state index contributed by atoms with van der Waals surface area (Å²) in [6.07, 6.45) is 0.501. The van der Waals surface area contributed by atoms with E-state index in [9.17, 15) is 4.79 Å². The summed E-state index contributed by atoms with van der Waals surface area (Å²) in [7, 11) is 0. The highest BCUT2D eigenvalue weighted by Crippen LogP contribution is 2.12. The molecule has 0 aromatic rings. The predicted molar refractivity (Wildman–Crippen MR) is 33.0 cm³/mol. The fraction of sp³-hybridized carbons (Fsp3) is 0.833. The number of nitrogens with one attached hydrogen (secondary N) is 1. The van der Waals surface area contributed by atoms with E-state index in [0.29, 0.717) is 6.54 Å². The Hall–Kier alpha value is -0.410. The number of aldehydes is 1. The van der Waals surface area contributed by atoms with E-state index in [-0.39, 0.29) is 18.1 Å². The fourth-order valence-corrected chi connectivity index (χ4v) is 1.04. The van der Waals surface area contributed by atoms with Gasteiger partial charge in [0.1, 0.15) is 6.29 Å². The second kappa shape index (κ2) is 2.45. The van der Waals surface area contributed by atoms with Gasteiger partial charge in [-0.15, -0.1) is 0 Å². The maximum absolute atomic E-state index is 10.2. The van der Waals surface area contributed by atoms with Gasteiger partial charge in [0.05, 0.1) is 12.1 Å². The van der Waals surface area contributed by atoms with Crippen LogP contribution in [-0.4, -0.2) is 30.1 Å². The lowest BCUT2D eigenvalue weighted by Crippen LogP contribution is -2.27. The first kappa shape index (κ1) is 6.71. The number of aliphatic hydroxyl groups excluding tert-OH is 1. The van der Waals surface area contributed by atoms with Gasteiger partial charge in [-0.25, -0.2) is 0 Å². The summed E-state index contributed by atoms with van der Waals surface area (Å²) < 4.78 is 0. The third kappa shape index (κ3) is 1.11. The van der Waals surface area contributed by atoms with Crippen LogP contribution in [0, 0.1) is 5.92 Å². The van der Waals surface area contributed by atoms with Crippen LogP contribution in [0.2, 0.25) is 0 Å². The molecule has 9 heavy (non-hydrogen) atoms. The summed E-state index contributed by atoms with van der Waals surface area (Å²) in [6.45, 7) is 2.41. The monoisotopic (exact) mass is 129 g/mol. The van der Waals surface area contributed by atoms with Crippen molar-refractivity contribution in [2.45, 2.75) is 19.1 Å². The van der Waals surface area contributed by atoms with E-state index in [1.165, 1.54) is 0 Å². The molecule has 1 aliphatic rings. The standard InChI is InChI=1S/C6H11NO2/c1-4-5(3-8)7-2-6(4)9/h3-7,9H,2H2,1H3/t4-,5-,6+/m1/s1. The Morgan fingerprint density at radius 1 is 1.78 bits per heavy atom. The van der Waals surface area contributed by atoms with Gasteiger partial charge >= 0.3 is 0 Å². The smallest absolute Gasteiger partial charge is 0.137 e. The molecule has 52 valence electrons. The molecule has 0 aliphatic carbocycles.